The summed E-state index contributed by atoms with van der Waals surface area (Å²) >= 11 is 12.2. The Balaban J connectivity index is 1.42. The summed E-state index contributed by atoms with van der Waals surface area (Å²) in [5.41, 5.74) is 0.454. The zero-order valence-corrected chi connectivity index (χ0v) is 18.7. The molecule has 0 radical (unpaired) electrons. The van der Waals surface area contributed by atoms with Crippen LogP contribution in [0.3, 0.4) is 0 Å². The molecule has 1 N–H and O–H groups in total. The minimum Gasteiger partial charge on any atom is -0.341 e. The lowest BCUT2D eigenvalue weighted by atomic mass is 9.92. The second-order valence-electron chi connectivity index (χ2n) is 8.44. The van der Waals surface area contributed by atoms with Crippen LogP contribution in [0, 0.1) is 11.8 Å². The second-order valence-corrected chi connectivity index (χ2v) is 9.26. The van der Waals surface area contributed by atoms with E-state index in [1.807, 2.05) is 4.90 Å². The fourth-order valence-electron chi connectivity index (χ4n) is 4.26. The van der Waals surface area contributed by atoms with E-state index in [0.29, 0.717) is 34.1 Å². The van der Waals surface area contributed by atoms with Crippen molar-refractivity contribution in [1.29, 1.82) is 0 Å². The third-order valence-corrected chi connectivity index (χ3v) is 6.27. The molecule has 29 heavy (non-hydrogen) atoms. The summed E-state index contributed by atoms with van der Waals surface area (Å²) < 4.78 is 0. The molecular formula is C21H30Cl2N4O2. The molecule has 2 amide bonds. The zero-order valence-electron chi connectivity index (χ0n) is 17.2. The van der Waals surface area contributed by atoms with Gasteiger partial charge in [-0.1, -0.05) is 43.1 Å². The first-order valence-electron chi connectivity index (χ1n) is 10.3. The minimum atomic E-state index is -0.138. The Kier molecular flexibility index (Phi) is 7.79. The molecule has 2 saturated heterocycles. The normalized spacial score (nSPS) is 23.8. The van der Waals surface area contributed by atoms with E-state index in [2.05, 4.69) is 29.0 Å². The highest BCUT2D eigenvalue weighted by Gasteiger charge is 2.27. The molecule has 0 saturated carbocycles. The zero-order chi connectivity index (χ0) is 21.0. The molecule has 1 aromatic rings. The number of nitrogens with one attached hydrogen (secondary N) is 1. The fourth-order valence-corrected chi connectivity index (χ4v) is 4.75. The van der Waals surface area contributed by atoms with Crippen molar-refractivity contribution in [2.45, 2.75) is 20.3 Å². The number of nitrogens with zero attached hydrogens (tertiary/aromatic N) is 3. The van der Waals surface area contributed by atoms with Crippen LogP contribution in [0.5, 0.6) is 0 Å². The topological polar surface area (TPSA) is 55.9 Å². The van der Waals surface area contributed by atoms with Crippen LogP contribution >= 0.6 is 23.2 Å². The maximum Gasteiger partial charge on any atom is 0.238 e. The van der Waals surface area contributed by atoms with Gasteiger partial charge in [0.2, 0.25) is 11.8 Å². The van der Waals surface area contributed by atoms with Gasteiger partial charge in [0.05, 0.1) is 28.8 Å². The number of para-hydroxylation sites is 1. The summed E-state index contributed by atoms with van der Waals surface area (Å²) in [6, 6.07) is 5.14. The summed E-state index contributed by atoms with van der Waals surface area (Å²) in [6.07, 6.45) is 1.20. The standard InChI is InChI=1S/C21H30Cl2N4O2/c1-15-10-16(2)12-27(11-15)20(29)14-26-8-6-25(7-9-26)13-19(28)24-21-17(22)4-3-5-18(21)23/h3-5,15-16H,6-14H2,1-2H3,(H,24,28)/t15-,16-/m1/s1. The lowest BCUT2D eigenvalue weighted by Crippen LogP contribution is -2.52. The fraction of sp³-hybridized carbons (Fsp3) is 0.619. The van der Waals surface area contributed by atoms with Crippen LogP contribution < -0.4 is 5.32 Å². The van der Waals surface area contributed by atoms with Crippen molar-refractivity contribution in [3.8, 4) is 0 Å². The van der Waals surface area contributed by atoms with Crippen LogP contribution in [0.2, 0.25) is 10.0 Å². The van der Waals surface area contributed by atoms with E-state index in [-0.39, 0.29) is 18.4 Å². The maximum atomic E-state index is 12.7. The summed E-state index contributed by atoms with van der Waals surface area (Å²) in [5.74, 6) is 1.23. The summed E-state index contributed by atoms with van der Waals surface area (Å²) in [5, 5.41) is 3.65. The Morgan fingerprint density at radius 3 is 2.03 bits per heavy atom. The van der Waals surface area contributed by atoms with Crippen molar-refractivity contribution >= 4 is 40.7 Å². The molecule has 3 rings (SSSR count). The largest absolute Gasteiger partial charge is 0.341 e. The Bertz CT molecular complexity index is 707. The first-order valence-corrected chi connectivity index (χ1v) is 11.0. The summed E-state index contributed by atoms with van der Waals surface area (Å²) in [6.45, 7) is 10.00. The van der Waals surface area contributed by atoms with Gasteiger partial charge in [0, 0.05) is 39.3 Å². The highest BCUT2D eigenvalue weighted by atomic mass is 35.5. The summed E-state index contributed by atoms with van der Waals surface area (Å²) in [4.78, 5) is 31.3. The number of carbonyl (C=O) groups excluding carboxylic acids is 2. The SMILES string of the molecule is C[C@@H]1C[C@@H](C)CN(C(=O)CN2CCN(CC(=O)Nc3c(Cl)cccc3Cl)CC2)C1. The average molecular weight is 441 g/mol. The molecule has 8 heteroatoms. The number of hydrogen-bond acceptors (Lipinski definition) is 4. The monoisotopic (exact) mass is 440 g/mol. The van der Waals surface area contributed by atoms with Crippen molar-refractivity contribution in [3.05, 3.63) is 28.2 Å². The highest BCUT2D eigenvalue weighted by molar-refractivity contribution is 6.39. The number of carbonyl (C=O) groups is 2. The third-order valence-electron chi connectivity index (χ3n) is 5.64. The smallest absolute Gasteiger partial charge is 0.238 e. The number of rotatable bonds is 5. The van der Waals surface area contributed by atoms with Crippen molar-refractivity contribution in [1.82, 2.24) is 14.7 Å². The van der Waals surface area contributed by atoms with Crippen molar-refractivity contribution in [2.24, 2.45) is 11.8 Å². The number of likely N-dealkylation sites (tertiary alicyclic amines) is 1. The van der Waals surface area contributed by atoms with Crippen LogP contribution in [0.1, 0.15) is 20.3 Å². The molecule has 0 unspecified atom stereocenters. The van der Waals surface area contributed by atoms with Crippen molar-refractivity contribution in [2.75, 3.05) is 57.7 Å². The van der Waals surface area contributed by atoms with Gasteiger partial charge in [-0.3, -0.25) is 19.4 Å². The molecule has 0 aliphatic carbocycles. The molecule has 0 spiro atoms. The molecule has 2 atom stereocenters. The van der Waals surface area contributed by atoms with Gasteiger partial charge in [0.15, 0.2) is 0 Å². The molecule has 160 valence electrons. The minimum absolute atomic E-state index is 0.138. The van der Waals surface area contributed by atoms with Crippen molar-refractivity contribution < 1.29 is 9.59 Å². The number of piperazine rings is 1. The molecule has 2 fully saturated rings. The van der Waals surface area contributed by atoms with E-state index >= 15 is 0 Å². The number of benzene rings is 1. The van der Waals surface area contributed by atoms with Crippen LogP contribution in [-0.2, 0) is 9.59 Å². The Labute approximate surface area is 183 Å². The van der Waals surface area contributed by atoms with E-state index in [4.69, 9.17) is 23.2 Å². The van der Waals surface area contributed by atoms with Gasteiger partial charge in [0.1, 0.15) is 0 Å². The Morgan fingerprint density at radius 1 is 0.966 bits per heavy atom. The van der Waals surface area contributed by atoms with Gasteiger partial charge < -0.3 is 10.2 Å². The van der Waals surface area contributed by atoms with Crippen LogP contribution in [0.4, 0.5) is 5.69 Å². The predicted octanol–water partition coefficient (Wildman–Crippen LogP) is 3.05. The lowest BCUT2D eigenvalue weighted by molar-refractivity contribution is -0.135. The molecule has 2 aliphatic rings. The Hall–Kier alpha value is -1.34. The number of amides is 2. The summed E-state index contributed by atoms with van der Waals surface area (Å²) in [7, 11) is 0. The molecule has 2 heterocycles. The number of halogens is 2. The van der Waals surface area contributed by atoms with Crippen LogP contribution in [-0.4, -0.2) is 78.9 Å². The molecule has 1 aromatic carbocycles. The van der Waals surface area contributed by atoms with Gasteiger partial charge in [-0.15, -0.1) is 0 Å². The van der Waals surface area contributed by atoms with Crippen LogP contribution in [0.25, 0.3) is 0 Å². The van der Waals surface area contributed by atoms with E-state index in [1.165, 1.54) is 6.42 Å². The van der Waals surface area contributed by atoms with Crippen molar-refractivity contribution in [3.63, 3.8) is 0 Å². The predicted molar refractivity (Wildman–Crippen MR) is 117 cm³/mol. The van der Waals surface area contributed by atoms with E-state index in [1.54, 1.807) is 18.2 Å². The average Bonchev–Trinajstić information content (AvgIpc) is 2.65. The molecule has 0 bridgehead atoms. The first-order chi connectivity index (χ1) is 13.8. The van der Waals surface area contributed by atoms with Gasteiger partial charge in [-0.25, -0.2) is 0 Å². The third kappa shape index (κ3) is 6.32. The quantitative estimate of drug-likeness (QED) is 0.763. The van der Waals surface area contributed by atoms with Gasteiger partial charge >= 0.3 is 0 Å². The van der Waals surface area contributed by atoms with E-state index < -0.39 is 0 Å². The van der Waals surface area contributed by atoms with E-state index in [0.717, 1.165) is 39.3 Å². The molecule has 6 nitrogen and oxygen atoms in total. The molecular weight excluding hydrogens is 411 g/mol. The van der Waals surface area contributed by atoms with Crippen LogP contribution in [0.15, 0.2) is 18.2 Å². The lowest BCUT2D eigenvalue weighted by Gasteiger charge is -2.38. The maximum absolute atomic E-state index is 12.7. The second kappa shape index (κ2) is 10.1. The van der Waals surface area contributed by atoms with Gasteiger partial charge in [-0.2, -0.15) is 0 Å². The Morgan fingerprint density at radius 2 is 1.48 bits per heavy atom. The number of hydrogen-bond donors (Lipinski definition) is 1. The molecule has 2 aliphatic heterocycles. The highest BCUT2D eigenvalue weighted by Crippen LogP contribution is 2.29. The first kappa shape index (κ1) is 22.3. The number of anilines is 1. The molecule has 0 aromatic heterocycles. The van der Waals surface area contributed by atoms with Gasteiger partial charge in [0.25, 0.3) is 0 Å². The number of piperidine rings is 1. The van der Waals surface area contributed by atoms with E-state index in [9.17, 15) is 9.59 Å². The van der Waals surface area contributed by atoms with Gasteiger partial charge in [-0.05, 0) is 30.4 Å².